The first kappa shape index (κ1) is 12.6. The molecule has 6 heteroatoms. The monoisotopic (exact) mass is 266 g/mol. The van der Waals surface area contributed by atoms with Crippen LogP contribution in [-0.2, 0) is 6.54 Å². The maximum atomic E-state index is 12.8. The second-order valence-corrected chi connectivity index (χ2v) is 4.28. The first-order chi connectivity index (χ1) is 8.54. The number of hydrogen-bond donors (Lipinski definition) is 1. The van der Waals surface area contributed by atoms with Gasteiger partial charge in [-0.3, -0.25) is 0 Å². The quantitative estimate of drug-likeness (QED) is 0.867. The van der Waals surface area contributed by atoms with Crippen molar-refractivity contribution >= 4 is 23.4 Å². The molecule has 1 aromatic heterocycles. The van der Waals surface area contributed by atoms with Gasteiger partial charge in [0.2, 0.25) is 5.95 Å². The molecule has 0 aliphatic rings. The summed E-state index contributed by atoms with van der Waals surface area (Å²) in [6.07, 6.45) is 0. The lowest BCUT2D eigenvalue weighted by Crippen LogP contribution is -2.18. The smallest absolute Gasteiger partial charge is 0.223 e. The maximum Gasteiger partial charge on any atom is 0.223 e. The van der Waals surface area contributed by atoms with E-state index in [1.54, 1.807) is 18.2 Å². The molecule has 0 bridgehead atoms. The van der Waals surface area contributed by atoms with E-state index in [1.165, 1.54) is 12.1 Å². The van der Waals surface area contributed by atoms with E-state index < -0.39 is 0 Å². The van der Waals surface area contributed by atoms with Crippen LogP contribution in [-0.4, -0.2) is 17.0 Å². The highest BCUT2D eigenvalue weighted by Gasteiger charge is 2.06. The van der Waals surface area contributed by atoms with E-state index in [9.17, 15) is 4.39 Å². The molecule has 0 radical (unpaired) electrons. The zero-order valence-corrected chi connectivity index (χ0v) is 10.5. The number of aromatic nitrogens is 2. The van der Waals surface area contributed by atoms with Gasteiger partial charge in [0.25, 0.3) is 0 Å². The molecular weight excluding hydrogens is 255 g/mol. The van der Waals surface area contributed by atoms with Crippen LogP contribution in [0.4, 0.5) is 16.2 Å². The van der Waals surface area contributed by atoms with E-state index in [2.05, 4.69) is 9.97 Å². The van der Waals surface area contributed by atoms with Crippen LogP contribution >= 0.6 is 11.6 Å². The molecule has 0 fully saturated rings. The van der Waals surface area contributed by atoms with Crippen molar-refractivity contribution in [3.05, 3.63) is 46.9 Å². The molecule has 2 N–H and O–H groups in total. The molecule has 18 heavy (non-hydrogen) atoms. The molecule has 1 aromatic carbocycles. The SMILES string of the molecule is CN(Cc1ccc(F)cc1)c1cc(Cl)nc(N)n1. The highest BCUT2D eigenvalue weighted by Crippen LogP contribution is 2.17. The predicted octanol–water partition coefficient (Wildman–Crippen LogP) is 2.49. The van der Waals surface area contributed by atoms with Crippen molar-refractivity contribution in [2.75, 3.05) is 17.7 Å². The number of nitrogens with two attached hydrogens (primary N) is 1. The van der Waals surface area contributed by atoms with Crippen LogP contribution in [0, 0.1) is 5.82 Å². The van der Waals surface area contributed by atoms with Gasteiger partial charge in [0.15, 0.2) is 0 Å². The average Bonchev–Trinajstić information content (AvgIpc) is 2.31. The molecule has 94 valence electrons. The third-order valence-electron chi connectivity index (χ3n) is 2.42. The van der Waals surface area contributed by atoms with Crippen molar-refractivity contribution in [2.45, 2.75) is 6.54 Å². The lowest BCUT2D eigenvalue weighted by atomic mass is 10.2. The highest BCUT2D eigenvalue weighted by molar-refractivity contribution is 6.29. The van der Waals surface area contributed by atoms with Gasteiger partial charge in [-0.2, -0.15) is 4.98 Å². The Morgan fingerprint density at radius 1 is 1.28 bits per heavy atom. The summed E-state index contributed by atoms with van der Waals surface area (Å²) in [5.41, 5.74) is 6.49. The normalized spacial score (nSPS) is 10.4. The largest absolute Gasteiger partial charge is 0.368 e. The fourth-order valence-corrected chi connectivity index (χ4v) is 1.75. The number of nitrogens with zero attached hydrogens (tertiary/aromatic N) is 3. The zero-order chi connectivity index (χ0) is 13.1. The number of halogens is 2. The number of nitrogen functional groups attached to an aromatic ring is 1. The summed E-state index contributed by atoms with van der Waals surface area (Å²) in [6, 6.07) is 7.91. The van der Waals surface area contributed by atoms with Crippen LogP contribution in [0.3, 0.4) is 0 Å². The molecule has 0 unspecified atom stereocenters. The molecular formula is C12H12ClFN4. The van der Waals surface area contributed by atoms with Crippen LogP contribution in [0.2, 0.25) is 5.15 Å². The van der Waals surface area contributed by atoms with Gasteiger partial charge in [-0.25, -0.2) is 9.37 Å². The van der Waals surface area contributed by atoms with E-state index in [1.807, 2.05) is 11.9 Å². The third-order valence-corrected chi connectivity index (χ3v) is 2.62. The molecule has 2 rings (SSSR count). The molecule has 1 heterocycles. The van der Waals surface area contributed by atoms with Crippen LogP contribution in [0.1, 0.15) is 5.56 Å². The maximum absolute atomic E-state index is 12.8. The van der Waals surface area contributed by atoms with Crippen molar-refractivity contribution in [3.8, 4) is 0 Å². The van der Waals surface area contributed by atoms with Crippen molar-refractivity contribution in [1.29, 1.82) is 0 Å². The van der Waals surface area contributed by atoms with Gasteiger partial charge in [0, 0.05) is 19.7 Å². The van der Waals surface area contributed by atoms with Crippen molar-refractivity contribution in [3.63, 3.8) is 0 Å². The topological polar surface area (TPSA) is 55.0 Å². The van der Waals surface area contributed by atoms with E-state index in [0.29, 0.717) is 17.5 Å². The average molecular weight is 267 g/mol. The standard InChI is InChI=1S/C12H12ClFN4/c1-18(7-8-2-4-9(14)5-3-8)11-6-10(13)16-12(15)17-11/h2-6H,7H2,1H3,(H2,15,16,17). The van der Waals surface area contributed by atoms with Gasteiger partial charge >= 0.3 is 0 Å². The van der Waals surface area contributed by atoms with E-state index in [4.69, 9.17) is 17.3 Å². The van der Waals surface area contributed by atoms with E-state index in [-0.39, 0.29) is 11.8 Å². The fraction of sp³-hybridized carbons (Fsp3) is 0.167. The predicted molar refractivity (Wildman–Crippen MR) is 70.0 cm³/mol. The molecule has 0 aliphatic heterocycles. The highest BCUT2D eigenvalue weighted by atomic mass is 35.5. The molecule has 2 aromatic rings. The van der Waals surface area contributed by atoms with Gasteiger partial charge in [-0.1, -0.05) is 23.7 Å². The van der Waals surface area contributed by atoms with Crippen LogP contribution in [0.15, 0.2) is 30.3 Å². The minimum atomic E-state index is -0.254. The van der Waals surface area contributed by atoms with Gasteiger partial charge in [-0.15, -0.1) is 0 Å². The second-order valence-electron chi connectivity index (χ2n) is 3.89. The molecule has 0 saturated carbocycles. The Morgan fingerprint density at radius 2 is 1.94 bits per heavy atom. The molecule has 0 atom stereocenters. The number of rotatable bonds is 3. The zero-order valence-electron chi connectivity index (χ0n) is 9.77. The Morgan fingerprint density at radius 3 is 2.56 bits per heavy atom. The summed E-state index contributed by atoms with van der Waals surface area (Å²) in [5.74, 6) is 0.496. The summed E-state index contributed by atoms with van der Waals surface area (Å²) in [7, 11) is 1.85. The van der Waals surface area contributed by atoms with Crippen LogP contribution in [0.25, 0.3) is 0 Å². The Hall–Kier alpha value is -1.88. The minimum absolute atomic E-state index is 0.128. The lowest BCUT2D eigenvalue weighted by molar-refractivity contribution is 0.627. The molecule has 0 saturated heterocycles. The summed E-state index contributed by atoms with van der Waals surface area (Å²) in [5, 5.41) is 0.295. The fourth-order valence-electron chi connectivity index (χ4n) is 1.56. The number of anilines is 2. The minimum Gasteiger partial charge on any atom is -0.368 e. The van der Waals surface area contributed by atoms with Crippen LogP contribution in [0.5, 0.6) is 0 Å². The van der Waals surface area contributed by atoms with Crippen molar-refractivity contribution in [2.24, 2.45) is 0 Å². The first-order valence-electron chi connectivity index (χ1n) is 5.30. The summed E-state index contributed by atoms with van der Waals surface area (Å²) in [6.45, 7) is 0.576. The second kappa shape index (κ2) is 5.18. The van der Waals surface area contributed by atoms with Crippen molar-refractivity contribution in [1.82, 2.24) is 9.97 Å². The molecule has 0 aliphatic carbocycles. The Kier molecular flexibility index (Phi) is 3.62. The summed E-state index contributed by atoms with van der Waals surface area (Å²) >= 11 is 5.81. The third kappa shape index (κ3) is 3.07. The lowest BCUT2D eigenvalue weighted by Gasteiger charge is -2.18. The summed E-state index contributed by atoms with van der Waals surface area (Å²) in [4.78, 5) is 9.73. The van der Waals surface area contributed by atoms with Gasteiger partial charge in [-0.05, 0) is 17.7 Å². The Labute approximate surface area is 109 Å². The number of benzene rings is 1. The van der Waals surface area contributed by atoms with E-state index in [0.717, 1.165) is 5.56 Å². The van der Waals surface area contributed by atoms with Gasteiger partial charge < -0.3 is 10.6 Å². The van der Waals surface area contributed by atoms with Gasteiger partial charge in [0.1, 0.15) is 16.8 Å². The Bertz CT molecular complexity index is 524. The molecule has 0 spiro atoms. The van der Waals surface area contributed by atoms with Crippen molar-refractivity contribution < 1.29 is 4.39 Å². The molecule has 4 nitrogen and oxygen atoms in total. The molecule has 0 amide bonds. The van der Waals surface area contributed by atoms with Gasteiger partial charge in [0.05, 0.1) is 0 Å². The Balaban J connectivity index is 2.16. The van der Waals surface area contributed by atoms with E-state index >= 15 is 0 Å². The number of hydrogen-bond acceptors (Lipinski definition) is 4. The summed E-state index contributed by atoms with van der Waals surface area (Å²) < 4.78 is 12.8. The first-order valence-corrected chi connectivity index (χ1v) is 5.68. The van der Waals surface area contributed by atoms with Crippen LogP contribution < -0.4 is 10.6 Å².